The molecule has 0 N–H and O–H groups in total. The predicted octanol–water partition coefficient (Wildman–Crippen LogP) is 3.88. The summed E-state index contributed by atoms with van der Waals surface area (Å²) in [4.78, 5) is 0. The average Bonchev–Trinajstić information content (AvgIpc) is 3.19. The summed E-state index contributed by atoms with van der Waals surface area (Å²) in [5.41, 5.74) is -1.39. The molecule has 5 saturated heterocycles. The summed E-state index contributed by atoms with van der Waals surface area (Å²) in [5, 5.41) is 0. The molecule has 10 nitrogen and oxygen atoms in total. The number of rotatable bonds is 0. The highest BCUT2D eigenvalue weighted by Gasteiger charge is 2.43. The maximum Gasteiger partial charge on any atom is 0.302 e. The first-order valence-corrected chi connectivity index (χ1v) is 19.7. The summed E-state index contributed by atoms with van der Waals surface area (Å²) in [7, 11) is 0. The zero-order chi connectivity index (χ0) is 43.3. The van der Waals surface area contributed by atoms with Gasteiger partial charge in [0, 0.05) is 27.1 Å². The van der Waals surface area contributed by atoms with Gasteiger partial charge in [-0.15, -0.1) is 0 Å². The van der Waals surface area contributed by atoms with E-state index in [1.807, 2.05) is 69.2 Å². The lowest BCUT2D eigenvalue weighted by atomic mass is 9.94. The lowest BCUT2D eigenvalue weighted by Crippen LogP contribution is -2.46. The first-order valence-electron chi connectivity index (χ1n) is 19.7. The second kappa shape index (κ2) is 16.9. The summed E-state index contributed by atoms with van der Waals surface area (Å²) < 4.78 is 61.2. The minimum Gasteiger partial charge on any atom is -0.329 e. The standard InChI is InChI=1S/C50H50O10/c1-41(2)31-51-46(52-32-41)21-11-13-23-47(53-33-42(3,4)34-54-47)25-15-17-27-49(57-37-44(7,8)38-58-49)29-19-20-30-50(59-39-45(9,10)40-60-50)28-18-16-26-48(24-14-12-22-46)55-35-43(5,6)36-56-48/h31-40H2,1-10H3. The van der Waals surface area contributed by atoms with Crippen molar-refractivity contribution in [3.8, 4) is 118 Å². The molecule has 0 amide bonds. The molecule has 0 unspecified atom stereocenters. The molecule has 0 saturated carbocycles. The molecule has 0 radical (unpaired) electrons. The lowest BCUT2D eigenvalue weighted by Gasteiger charge is -2.37. The van der Waals surface area contributed by atoms with E-state index >= 15 is 0 Å². The second-order valence-electron chi connectivity index (χ2n) is 19.3. The van der Waals surface area contributed by atoms with Crippen LogP contribution in [0.5, 0.6) is 0 Å². The predicted molar refractivity (Wildman–Crippen MR) is 220 cm³/mol. The normalized spacial score (nSPS) is 27.2. The van der Waals surface area contributed by atoms with Gasteiger partial charge in [-0.25, -0.2) is 0 Å². The molecular formula is C50H50O10. The highest BCUT2D eigenvalue weighted by molar-refractivity contribution is 5.46. The van der Waals surface area contributed by atoms with E-state index in [0.29, 0.717) is 66.1 Å². The Morgan fingerprint density at radius 3 is 0.400 bits per heavy atom. The fourth-order valence-electron chi connectivity index (χ4n) is 5.40. The van der Waals surface area contributed by atoms with E-state index in [-0.39, 0.29) is 27.1 Å². The summed E-state index contributed by atoms with van der Waals surface area (Å²) in [5.74, 6) is 49.4. The molecule has 5 fully saturated rings. The van der Waals surface area contributed by atoms with Crippen molar-refractivity contribution < 1.29 is 47.4 Å². The SMILES string of the molecule is CC1(C)COC2(C#CC#CC3(C#CC#CC4(C#CC#CC5(C#CC#CC6(C#CC#C2)OCC(C)(C)CO6)OCC(C)(C)CO5)OCC(C)(C)CO4)OCC(C)(C)CO3)OC1. The van der Waals surface area contributed by atoms with Crippen molar-refractivity contribution in [2.24, 2.45) is 27.1 Å². The van der Waals surface area contributed by atoms with Gasteiger partial charge in [0.05, 0.1) is 66.1 Å². The van der Waals surface area contributed by atoms with Gasteiger partial charge in [-0.3, -0.25) is 0 Å². The molecule has 5 heterocycles. The first-order chi connectivity index (χ1) is 28.1. The maximum atomic E-state index is 6.12. The van der Waals surface area contributed by atoms with Gasteiger partial charge >= 0.3 is 28.9 Å². The highest BCUT2D eigenvalue weighted by Crippen LogP contribution is 2.33. The Hall–Kier alpha value is -4.80. The van der Waals surface area contributed by atoms with Crippen molar-refractivity contribution >= 4 is 0 Å². The molecule has 0 aromatic rings. The molecule has 10 heteroatoms. The summed E-state index contributed by atoms with van der Waals surface area (Å²) in [6.07, 6.45) is 0. The van der Waals surface area contributed by atoms with Crippen molar-refractivity contribution in [2.75, 3.05) is 66.1 Å². The number of hydrogen-bond donors (Lipinski definition) is 0. The largest absolute Gasteiger partial charge is 0.329 e. The van der Waals surface area contributed by atoms with Crippen LogP contribution >= 0.6 is 0 Å². The van der Waals surface area contributed by atoms with E-state index in [1.54, 1.807) is 0 Å². The molecule has 0 aromatic heterocycles. The van der Waals surface area contributed by atoms with Crippen LogP contribution in [0.1, 0.15) is 69.2 Å². The van der Waals surface area contributed by atoms with E-state index in [2.05, 4.69) is 118 Å². The van der Waals surface area contributed by atoms with E-state index in [9.17, 15) is 0 Å². The van der Waals surface area contributed by atoms with Crippen molar-refractivity contribution in [3.63, 3.8) is 0 Å². The third-order valence-electron chi connectivity index (χ3n) is 9.24. The van der Waals surface area contributed by atoms with Gasteiger partial charge in [0.15, 0.2) is 0 Å². The van der Waals surface area contributed by atoms with E-state index in [4.69, 9.17) is 47.4 Å². The van der Waals surface area contributed by atoms with Crippen molar-refractivity contribution in [3.05, 3.63) is 0 Å². The fourth-order valence-corrected chi connectivity index (χ4v) is 5.40. The van der Waals surface area contributed by atoms with Crippen molar-refractivity contribution in [2.45, 2.75) is 98.2 Å². The zero-order valence-corrected chi connectivity index (χ0v) is 36.2. The summed E-state index contributed by atoms with van der Waals surface area (Å²) in [6.45, 7) is 23.3. The molecule has 5 aliphatic heterocycles. The third-order valence-corrected chi connectivity index (χ3v) is 9.24. The van der Waals surface area contributed by atoms with Gasteiger partial charge in [0.25, 0.3) is 0 Å². The van der Waals surface area contributed by atoms with Crippen LogP contribution in [-0.4, -0.2) is 95.0 Å². The zero-order valence-electron chi connectivity index (χ0n) is 36.2. The van der Waals surface area contributed by atoms with Gasteiger partial charge in [-0.05, 0) is 118 Å². The van der Waals surface area contributed by atoms with Crippen molar-refractivity contribution in [1.82, 2.24) is 0 Å². The molecule has 310 valence electrons. The Morgan fingerprint density at radius 2 is 0.300 bits per heavy atom. The molecule has 60 heavy (non-hydrogen) atoms. The van der Waals surface area contributed by atoms with Gasteiger partial charge in [-0.1, -0.05) is 69.2 Å². The molecule has 0 bridgehead atoms. The van der Waals surface area contributed by atoms with Gasteiger partial charge < -0.3 is 47.4 Å². The summed E-state index contributed by atoms with van der Waals surface area (Å²) >= 11 is 0. The van der Waals surface area contributed by atoms with Crippen LogP contribution in [0.15, 0.2) is 0 Å². The van der Waals surface area contributed by atoms with E-state index in [0.717, 1.165) is 0 Å². The Balaban J connectivity index is 1.48. The van der Waals surface area contributed by atoms with Crippen LogP contribution in [0, 0.1) is 145 Å². The van der Waals surface area contributed by atoms with Gasteiger partial charge in [-0.2, -0.15) is 0 Å². The summed E-state index contributed by atoms with van der Waals surface area (Å²) in [6, 6.07) is 0. The van der Waals surface area contributed by atoms with Crippen LogP contribution in [0.3, 0.4) is 0 Å². The number of ether oxygens (including phenoxy) is 10. The molecule has 0 atom stereocenters. The van der Waals surface area contributed by atoms with E-state index < -0.39 is 28.9 Å². The Bertz CT molecular complexity index is 1830. The van der Waals surface area contributed by atoms with Crippen LogP contribution in [-0.2, 0) is 47.4 Å². The maximum absolute atomic E-state index is 6.12. The van der Waals surface area contributed by atoms with Crippen molar-refractivity contribution in [1.29, 1.82) is 0 Å². The molecule has 1 aliphatic carbocycles. The molecule has 5 spiro atoms. The average molecular weight is 811 g/mol. The monoisotopic (exact) mass is 810 g/mol. The topological polar surface area (TPSA) is 92.3 Å². The Kier molecular flexibility index (Phi) is 12.6. The fraction of sp³-hybridized carbons (Fsp3) is 0.600. The highest BCUT2D eigenvalue weighted by atomic mass is 16.7. The quantitative estimate of drug-likeness (QED) is 0.336. The number of hydrogen-bond acceptors (Lipinski definition) is 10. The van der Waals surface area contributed by atoms with Crippen LogP contribution < -0.4 is 0 Å². The molecule has 6 aliphatic rings. The van der Waals surface area contributed by atoms with E-state index in [1.165, 1.54) is 0 Å². The molecule has 0 aromatic carbocycles. The third kappa shape index (κ3) is 11.9. The van der Waals surface area contributed by atoms with Gasteiger partial charge in [0.2, 0.25) is 0 Å². The van der Waals surface area contributed by atoms with Gasteiger partial charge in [0.1, 0.15) is 0 Å². The van der Waals surface area contributed by atoms with Crippen LogP contribution in [0.4, 0.5) is 0 Å². The Labute approximate surface area is 356 Å². The van der Waals surface area contributed by atoms with Crippen LogP contribution in [0.2, 0.25) is 0 Å². The second-order valence-corrected chi connectivity index (χ2v) is 19.3. The van der Waals surface area contributed by atoms with Crippen LogP contribution in [0.25, 0.3) is 0 Å². The smallest absolute Gasteiger partial charge is 0.302 e. The molecular weight excluding hydrogens is 761 g/mol. The Morgan fingerprint density at radius 1 is 0.200 bits per heavy atom. The minimum absolute atomic E-state index is 0.277. The molecule has 6 rings (SSSR count). The minimum atomic E-state index is -1.64. The lowest BCUT2D eigenvalue weighted by molar-refractivity contribution is -0.235. The first kappa shape index (κ1) is 44.7.